The molecule has 0 bridgehead atoms. The van der Waals surface area contributed by atoms with E-state index in [9.17, 15) is 4.39 Å². The Labute approximate surface area is 124 Å². The average molecular weight is 418 g/mol. The number of nitrogens with one attached hydrogen (secondary N) is 1. The summed E-state index contributed by atoms with van der Waals surface area (Å²) in [6.45, 7) is 0. The first kappa shape index (κ1) is 12.0. The molecule has 0 saturated heterocycles. The van der Waals surface area contributed by atoms with E-state index in [1.807, 2.05) is 6.07 Å². The Morgan fingerprint density at radius 2 is 2.11 bits per heavy atom. The van der Waals surface area contributed by atoms with Gasteiger partial charge in [0.1, 0.15) is 11.6 Å². The van der Waals surface area contributed by atoms with Crippen molar-refractivity contribution in [3.8, 4) is 11.4 Å². The molecular formula is C12H6BrFIN3. The zero-order valence-corrected chi connectivity index (χ0v) is 12.7. The van der Waals surface area contributed by atoms with Gasteiger partial charge in [-0.1, -0.05) is 0 Å². The molecule has 0 aliphatic heterocycles. The summed E-state index contributed by atoms with van der Waals surface area (Å²) in [5.41, 5.74) is 2.36. The van der Waals surface area contributed by atoms with Crippen molar-refractivity contribution < 1.29 is 4.39 Å². The fourth-order valence-corrected chi connectivity index (χ4v) is 2.75. The summed E-state index contributed by atoms with van der Waals surface area (Å²) < 4.78 is 14.8. The number of nitrogens with zero attached hydrogens (tertiary/aromatic N) is 2. The minimum Gasteiger partial charge on any atom is -0.337 e. The van der Waals surface area contributed by atoms with Crippen LogP contribution in [0.25, 0.3) is 22.6 Å². The van der Waals surface area contributed by atoms with Crippen LogP contribution in [0.4, 0.5) is 4.39 Å². The molecule has 1 aromatic carbocycles. The summed E-state index contributed by atoms with van der Waals surface area (Å²) in [6.07, 6.45) is 1.70. The maximum absolute atomic E-state index is 13.1. The van der Waals surface area contributed by atoms with E-state index in [0.717, 1.165) is 19.1 Å². The zero-order valence-electron chi connectivity index (χ0n) is 8.92. The smallest absolute Gasteiger partial charge is 0.178 e. The van der Waals surface area contributed by atoms with Gasteiger partial charge in [-0.15, -0.1) is 0 Å². The van der Waals surface area contributed by atoms with Gasteiger partial charge in [0.05, 0.1) is 5.52 Å². The molecule has 0 aliphatic rings. The van der Waals surface area contributed by atoms with E-state index in [0.29, 0.717) is 11.5 Å². The van der Waals surface area contributed by atoms with E-state index in [-0.39, 0.29) is 5.82 Å². The van der Waals surface area contributed by atoms with Gasteiger partial charge in [0.25, 0.3) is 0 Å². The third kappa shape index (κ3) is 2.14. The lowest BCUT2D eigenvalue weighted by Crippen LogP contribution is -1.86. The predicted octanol–water partition coefficient (Wildman–Crippen LogP) is 4.13. The number of fused-ring (bicyclic) bond motifs is 1. The molecule has 3 aromatic rings. The zero-order chi connectivity index (χ0) is 12.7. The quantitative estimate of drug-likeness (QED) is 0.605. The highest BCUT2D eigenvalue weighted by Gasteiger charge is 2.10. The lowest BCUT2D eigenvalue weighted by atomic mass is 10.2. The van der Waals surface area contributed by atoms with Crippen LogP contribution in [0.3, 0.4) is 0 Å². The number of hydrogen-bond donors (Lipinski definition) is 1. The van der Waals surface area contributed by atoms with E-state index < -0.39 is 0 Å². The van der Waals surface area contributed by atoms with Crippen LogP contribution in [0.2, 0.25) is 0 Å². The SMILES string of the molecule is Fc1ccc(-c2nc3ncc(Br)cc3[nH]2)c(I)c1. The van der Waals surface area contributed by atoms with Crippen LogP contribution in [-0.2, 0) is 0 Å². The van der Waals surface area contributed by atoms with Crippen molar-refractivity contribution in [2.75, 3.05) is 0 Å². The molecule has 2 aromatic heterocycles. The Hall–Kier alpha value is -1.02. The molecule has 2 heterocycles. The molecule has 0 saturated carbocycles. The molecule has 0 unspecified atom stereocenters. The monoisotopic (exact) mass is 417 g/mol. The number of aromatic amines is 1. The molecule has 0 spiro atoms. The molecule has 0 fully saturated rings. The normalized spacial score (nSPS) is 11.1. The van der Waals surface area contributed by atoms with Gasteiger partial charge in [0.2, 0.25) is 0 Å². The highest BCUT2D eigenvalue weighted by Crippen LogP contribution is 2.26. The number of imidazole rings is 1. The van der Waals surface area contributed by atoms with Crippen molar-refractivity contribution in [1.29, 1.82) is 0 Å². The van der Waals surface area contributed by atoms with Crippen molar-refractivity contribution in [2.45, 2.75) is 0 Å². The van der Waals surface area contributed by atoms with Gasteiger partial charge in [-0.3, -0.25) is 0 Å². The molecule has 0 radical (unpaired) electrons. The van der Waals surface area contributed by atoms with Gasteiger partial charge in [0, 0.05) is 19.8 Å². The van der Waals surface area contributed by atoms with Gasteiger partial charge in [-0.05, 0) is 62.8 Å². The van der Waals surface area contributed by atoms with Crippen molar-refractivity contribution in [3.63, 3.8) is 0 Å². The molecule has 0 atom stereocenters. The minimum absolute atomic E-state index is 0.250. The third-order valence-corrected chi connectivity index (χ3v) is 3.82. The molecule has 90 valence electrons. The Balaban J connectivity index is 2.19. The number of halogens is 3. The molecule has 3 nitrogen and oxygen atoms in total. The Morgan fingerprint density at radius 1 is 1.28 bits per heavy atom. The van der Waals surface area contributed by atoms with E-state index in [1.54, 1.807) is 12.3 Å². The van der Waals surface area contributed by atoms with Crippen LogP contribution in [0.5, 0.6) is 0 Å². The molecule has 0 amide bonds. The second kappa shape index (κ2) is 4.58. The Kier molecular flexibility index (Phi) is 3.06. The van der Waals surface area contributed by atoms with Gasteiger partial charge < -0.3 is 4.98 Å². The van der Waals surface area contributed by atoms with Crippen LogP contribution in [0.15, 0.2) is 34.9 Å². The van der Waals surface area contributed by atoms with Gasteiger partial charge >= 0.3 is 0 Å². The minimum atomic E-state index is -0.250. The summed E-state index contributed by atoms with van der Waals surface area (Å²) in [5, 5.41) is 0. The van der Waals surface area contributed by atoms with Gasteiger partial charge in [0.15, 0.2) is 5.65 Å². The third-order valence-electron chi connectivity index (χ3n) is 2.49. The number of aromatic nitrogens is 3. The molecule has 6 heteroatoms. The average Bonchev–Trinajstić information content (AvgIpc) is 2.71. The van der Waals surface area contributed by atoms with Gasteiger partial charge in [-0.25, -0.2) is 14.4 Å². The number of benzene rings is 1. The standard InChI is InChI=1S/C12H6BrFIN3/c13-6-3-10-12(16-5-6)18-11(17-10)8-2-1-7(14)4-9(8)15/h1-5H,(H,16,17,18). The van der Waals surface area contributed by atoms with Crippen LogP contribution < -0.4 is 0 Å². The first-order chi connectivity index (χ1) is 8.63. The topological polar surface area (TPSA) is 41.6 Å². The summed E-state index contributed by atoms with van der Waals surface area (Å²) in [6, 6.07) is 6.53. The first-order valence-corrected chi connectivity index (χ1v) is 6.97. The van der Waals surface area contributed by atoms with Crippen LogP contribution >= 0.6 is 38.5 Å². The number of rotatable bonds is 1. The fourth-order valence-electron chi connectivity index (χ4n) is 1.68. The number of hydrogen-bond acceptors (Lipinski definition) is 2. The van der Waals surface area contributed by atoms with E-state index in [1.165, 1.54) is 12.1 Å². The maximum atomic E-state index is 13.1. The van der Waals surface area contributed by atoms with Crippen molar-refractivity contribution in [3.05, 3.63) is 44.3 Å². The molecule has 3 rings (SSSR count). The van der Waals surface area contributed by atoms with Crippen molar-refractivity contribution in [1.82, 2.24) is 15.0 Å². The van der Waals surface area contributed by atoms with Crippen LogP contribution in [0, 0.1) is 9.39 Å². The first-order valence-electron chi connectivity index (χ1n) is 5.10. The number of pyridine rings is 1. The molecule has 1 N–H and O–H groups in total. The summed E-state index contributed by atoms with van der Waals surface area (Å²) in [7, 11) is 0. The van der Waals surface area contributed by atoms with Crippen molar-refractivity contribution >= 4 is 49.7 Å². The Morgan fingerprint density at radius 3 is 2.89 bits per heavy atom. The lowest BCUT2D eigenvalue weighted by molar-refractivity contribution is 0.627. The van der Waals surface area contributed by atoms with Crippen molar-refractivity contribution in [2.24, 2.45) is 0 Å². The molecular weight excluding hydrogens is 412 g/mol. The van der Waals surface area contributed by atoms with Crippen LogP contribution in [0.1, 0.15) is 0 Å². The summed E-state index contributed by atoms with van der Waals surface area (Å²) in [4.78, 5) is 11.8. The van der Waals surface area contributed by atoms with E-state index >= 15 is 0 Å². The van der Waals surface area contributed by atoms with Crippen LogP contribution in [-0.4, -0.2) is 15.0 Å². The molecule has 18 heavy (non-hydrogen) atoms. The van der Waals surface area contributed by atoms with E-state index in [2.05, 4.69) is 53.5 Å². The second-order valence-corrected chi connectivity index (χ2v) is 5.81. The highest BCUT2D eigenvalue weighted by molar-refractivity contribution is 14.1. The highest BCUT2D eigenvalue weighted by atomic mass is 127. The number of H-pyrrole nitrogens is 1. The second-order valence-electron chi connectivity index (χ2n) is 3.73. The lowest BCUT2D eigenvalue weighted by Gasteiger charge is -2.00. The largest absolute Gasteiger partial charge is 0.337 e. The molecule has 0 aliphatic carbocycles. The summed E-state index contributed by atoms with van der Waals surface area (Å²) in [5.74, 6) is 0.445. The Bertz CT molecular complexity index is 741. The predicted molar refractivity (Wildman–Crippen MR) is 79.7 cm³/mol. The van der Waals surface area contributed by atoms with E-state index in [4.69, 9.17) is 0 Å². The maximum Gasteiger partial charge on any atom is 0.178 e. The van der Waals surface area contributed by atoms with Gasteiger partial charge in [-0.2, -0.15) is 0 Å². The summed E-state index contributed by atoms with van der Waals surface area (Å²) >= 11 is 5.45. The fraction of sp³-hybridized carbons (Fsp3) is 0.